The summed E-state index contributed by atoms with van der Waals surface area (Å²) in [6, 6.07) is 18.9. The van der Waals surface area contributed by atoms with E-state index in [9.17, 15) is 17.2 Å². The second-order valence-electron chi connectivity index (χ2n) is 7.85. The Labute approximate surface area is 281 Å². The number of nitrogens with zero attached hydrogens (tertiary/aromatic N) is 2. The summed E-state index contributed by atoms with van der Waals surface area (Å²) in [5.74, 6) is 1.35. The third kappa shape index (κ3) is 17.8. The van der Waals surface area contributed by atoms with Crippen LogP contribution >= 0.6 is 45.5 Å². The topological polar surface area (TPSA) is 117 Å². The number of aliphatic hydroxyl groups is 1. The summed E-state index contributed by atoms with van der Waals surface area (Å²) < 4.78 is 65.8. The highest BCUT2D eigenvalue weighted by molar-refractivity contribution is 8.13. The molecule has 2 heterocycles. The first kappa shape index (κ1) is 41.9. The number of ether oxygens (including phenoxy) is 4. The second-order valence-corrected chi connectivity index (χ2v) is 12.0. The first-order valence-corrected chi connectivity index (χ1v) is 16.3. The molecule has 0 saturated carbocycles. The first-order chi connectivity index (χ1) is 20.9. The molecule has 248 valence electrons. The molecular formula is C29H32Cl4F2N2O7S. The minimum Gasteiger partial charge on any atom is -0.493 e. The van der Waals surface area contributed by atoms with Crippen LogP contribution in [0.2, 0.25) is 0 Å². The van der Waals surface area contributed by atoms with Crippen molar-refractivity contribution < 1.29 is 41.3 Å². The van der Waals surface area contributed by atoms with E-state index in [4.69, 9.17) is 58.9 Å². The highest BCUT2D eigenvalue weighted by Gasteiger charge is 2.09. The van der Waals surface area contributed by atoms with Crippen LogP contribution < -0.4 is 18.9 Å². The predicted molar refractivity (Wildman–Crippen MR) is 174 cm³/mol. The van der Waals surface area contributed by atoms with Crippen LogP contribution in [0.5, 0.6) is 34.8 Å². The summed E-state index contributed by atoms with van der Waals surface area (Å²) in [4.78, 5) is 7.21. The number of alkyl halides is 3. The largest absolute Gasteiger partial charge is 0.493 e. The van der Waals surface area contributed by atoms with Crippen molar-refractivity contribution in [3.8, 4) is 34.8 Å². The second kappa shape index (κ2) is 22.4. The van der Waals surface area contributed by atoms with Crippen molar-refractivity contribution in [3.05, 3.63) is 95.8 Å². The molecule has 16 heteroatoms. The van der Waals surface area contributed by atoms with Gasteiger partial charge in [0.25, 0.3) is 0 Å². The lowest BCUT2D eigenvalue weighted by atomic mass is 10.2. The van der Waals surface area contributed by atoms with Crippen LogP contribution in [0.4, 0.5) is 8.78 Å². The van der Waals surface area contributed by atoms with Crippen molar-refractivity contribution in [2.45, 2.75) is 19.9 Å². The van der Waals surface area contributed by atoms with Crippen LogP contribution in [-0.4, -0.2) is 49.3 Å². The van der Waals surface area contributed by atoms with E-state index in [0.29, 0.717) is 34.4 Å². The normalized spacial score (nSPS) is 9.82. The van der Waals surface area contributed by atoms with Crippen LogP contribution in [0, 0.1) is 11.9 Å². The molecule has 0 atom stereocenters. The number of rotatable bonds is 8. The molecule has 0 bridgehead atoms. The Balaban J connectivity index is 0.000000684. The van der Waals surface area contributed by atoms with E-state index < -0.39 is 20.9 Å². The summed E-state index contributed by atoms with van der Waals surface area (Å²) in [7, 11) is 4.32. The average molecular weight is 732 g/mol. The molecule has 45 heavy (non-hydrogen) atoms. The molecule has 0 aliphatic rings. The quantitative estimate of drug-likeness (QED) is 0.108. The van der Waals surface area contributed by atoms with Gasteiger partial charge in [-0.2, -0.15) is 18.7 Å². The van der Waals surface area contributed by atoms with Crippen molar-refractivity contribution in [2.24, 2.45) is 0 Å². The molecule has 4 aromatic rings. The zero-order chi connectivity index (χ0) is 33.1. The average Bonchev–Trinajstić information content (AvgIpc) is 2.97. The molecule has 1 N–H and O–H groups in total. The number of benzene rings is 2. The van der Waals surface area contributed by atoms with Gasteiger partial charge >= 0.3 is 0 Å². The summed E-state index contributed by atoms with van der Waals surface area (Å²) in [5, 5.41) is 9.21. The van der Waals surface area contributed by atoms with Gasteiger partial charge in [0.1, 0.15) is 0 Å². The summed E-state index contributed by atoms with van der Waals surface area (Å²) in [6.45, 7) is -0.0884. The molecule has 2 aromatic heterocycles. The number of hydrogen-bond acceptors (Lipinski definition) is 9. The Morgan fingerprint density at radius 1 is 0.733 bits per heavy atom. The third-order valence-electron chi connectivity index (χ3n) is 4.60. The molecule has 0 unspecified atom stereocenters. The number of methoxy groups -OCH3 is 2. The Morgan fingerprint density at radius 2 is 1.11 bits per heavy atom. The predicted octanol–water partition coefficient (Wildman–Crippen LogP) is 8.52. The standard InChI is InChI=1S/C13H11ClFNO2.C13H12FNO3.CH2Cl2.CH3ClO2S.CH4/c1-17-11-7-9(8-14)5-6-10(11)18-13-4-2-3-12(15)16-13;1-17-11-7-9(8-16)5-6-10(11)18-13-4-2-3-12(14)15-13;2-1-3;1-5(2,3)4;/h2-7H,8H2,1H3;2-7,16H,8H2,1H3;1H2;1H3;1H4. The van der Waals surface area contributed by atoms with Gasteiger partial charge in [-0.1, -0.05) is 31.7 Å². The number of aromatic nitrogens is 2. The number of aliphatic hydroxyl groups excluding tert-OH is 1. The van der Waals surface area contributed by atoms with E-state index >= 15 is 0 Å². The van der Waals surface area contributed by atoms with Crippen molar-refractivity contribution in [3.63, 3.8) is 0 Å². The van der Waals surface area contributed by atoms with Crippen molar-refractivity contribution in [1.82, 2.24) is 9.97 Å². The van der Waals surface area contributed by atoms with Crippen LogP contribution in [0.3, 0.4) is 0 Å². The van der Waals surface area contributed by atoms with Crippen molar-refractivity contribution in [2.75, 3.05) is 25.8 Å². The molecular weight excluding hydrogens is 700 g/mol. The van der Waals surface area contributed by atoms with E-state index in [1.54, 1.807) is 42.5 Å². The molecule has 9 nitrogen and oxygen atoms in total. The fraction of sp³-hybridized carbons (Fsp3) is 0.241. The Bertz CT molecular complexity index is 1450. The van der Waals surface area contributed by atoms with Crippen LogP contribution in [-0.2, 0) is 21.5 Å². The summed E-state index contributed by atoms with van der Waals surface area (Å²) in [5.41, 5.74) is 1.61. The van der Waals surface area contributed by atoms with Crippen LogP contribution in [0.15, 0.2) is 72.8 Å². The lowest BCUT2D eigenvalue weighted by molar-refractivity contribution is 0.280. The number of pyridine rings is 2. The minimum absolute atomic E-state index is 0. The SMILES string of the molecule is C.COc1cc(CCl)ccc1Oc1cccc(F)n1.COc1cc(CO)ccc1Oc1cccc(F)n1.CS(=O)(=O)Cl.ClCCl. The molecule has 0 saturated heterocycles. The third-order valence-corrected chi connectivity index (χ3v) is 4.91. The molecule has 0 aliphatic carbocycles. The van der Waals surface area contributed by atoms with Crippen molar-refractivity contribution >= 4 is 54.5 Å². The highest BCUT2D eigenvalue weighted by atomic mass is 35.7. The maximum atomic E-state index is 12.9. The lowest BCUT2D eigenvalue weighted by Gasteiger charge is -2.10. The number of hydrogen-bond donors (Lipinski definition) is 1. The van der Waals surface area contributed by atoms with Crippen LogP contribution in [0.1, 0.15) is 18.6 Å². The van der Waals surface area contributed by atoms with Gasteiger partial charge in [-0.15, -0.1) is 34.8 Å². The lowest BCUT2D eigenvalue weighted by Crippen LogP contribution is -1.94. The maximum absolute atomic E-state index is 12.9. The zero-order valence-corrected chi connectivity index (χ0v) is 27.4. The zero-order valence-electron chi connectivity index (χ0n) is 23.5. The molecule has 0 spiro atoms. The summed E-state index contributed by atoms with van der Waals surface area (Å²) >= 11 is 15.3. The summed E-state index contributed by atoms with van der Waals surface area (Å²) in [6.07, 6.45) is 0.925. The Hall–Kier alpha value is -3.13. The maximum Gasteiger partial charge on any atom is 0.229 e. The van der Waals surface area contributed by atoms with Gasteiger partial charge in [0.2, 0.25) is 32.7 Å². The number of halogens is 6. The van der Waals surface area contributed by atoms with Gasteiger partial charge in [0, 0.05) is 28.7 Å². The van der Waals surface area contributed by atoms with Gasteiger partial charge in [-0.25, -0.2) is 8.42 Å². The van der Waals surface area contributed by atoms with E-state index in [1.807, 2.05) is 6.07 Å². The van der Waals surface area contributed by atoms with Crippen molar-refractivity contribution in [1.29, 1.82) is 0 Å². The van der Waals surface area contributed by atoms with E-state index in [-0.39, 0.29) is 31.1 Å². The first-order valence-electron chi connectivity index (χ1n) is 12.0. The van der Waals surface area contributed by atoms with Gasteiger partial charge in [0.05, 0.1) is 32.4 Å². The minimum atomic E-state index is -3.19. The molecule has 0 fully saturated rings. The smallest absolute Gasteiger partial charge is 0.229 e. The van der Waals surface area contributed by atoms with Gasteiger partial charge < -0.3 is 24.1 Å². The monoisotopic (exact) mass is 730 g/mol. The van der Waals surface area contributed by atoms with Gasteiger partial charge in [-0.3, -0.25) is 0 Å². The Kier molecular flexibility index (Phi) is 20.8. The van der Waals surface area contributed by atoms with Crippen LogP contribution in [0.25, 0.3) is 0 Å². The fourth-order valence-corrected chi connectivity index (χ4v) is 3.06. The van der Waals surface area contributed by atoms with E-state index in [1.165, 1.54) is 38.5 Å². The fourth-order valence-electron chi connectivity index (χ4n) is 2.89. The van der Waals surface area contributed by atoms with E-state index in [2.05, 4.69) is 20.7 Å². The molecule has 0 aliphatic heterocycles. The Morgan fingerprint density at radius 3 is 1.44 bits per heavy atom. The highest BCUT2D eigenvalue weighted by Crippen LogP contribution is 2.33. The van der Waals surface area contributed by atoms with E-state index in [0.717, 1.165) is 11.8 Å². The molecule has 0 amide bonds. The van der Waals surface area contributed by atoms with Gasteiger partial charge in [0.15, 0.2) is 23.0 Å². The molecule has 0 radical (unpaired) electrons. The van der Waals surface area contributed by atoms with Gasteiger partial charge in [-0.05, 0) is 47.5 Å². The molecule has 4 rings (SSSR count). The molecule has 2 aromatic carbocycles.